The summed E-state index contributed by atoms with van der Waals surface area (Å²) in [6, 6.07) is 10.8. The number of hydrogen-bond acceptors (Lipinski definition) is 3. The minimum Gasteiger partial charge on any atom is -0.378 e. The monoisotopic (exact) mass is 441 g/mol. The molecule has 0 saturated carbocycles. The van der Waals surface area contributed by atoms with Gasteiger partial charge >= 0.3 is 16.5 Å². The van der Waals surface area contributed by atoms with Gasteiger partial charge in [0.25, 0.3) is 0 Å². The van der Waals surface area contributed by atoms with Gasteiger partial charge in [0.2, 0.25) is 0 Å². The molecule has 0 aliphatic carbocycles. The normalized spacial score (nSPS) is 10.7. The summed E-state index contributed by atoms with van der Waals surface area (Å²) in [7, 11) is -1.77. The zero-order valence-corrected chi connectivity index (χ0v) is 20.3. The van der Waals surface area contributed by atoms with Crippen LogP contribution >= 0.6 is 16.3 Å². The van der Waals surface area contributed by atoms with Gasteiger partial charge in [0.15, 0.2) is 16.3 Å². The van der Waals surface area contributed by atoms with Crippen LogP contribution in [0.3, 0.4) is 0 Å². The Kier molecular flexibility index (Phi) is 15.6. The van der Waals surface area contributed by atoms with E-state index in [0.29, 0.717) is 22.6 Å². The summed E-state index contributed by atoms with van der Waals surface area (Å²) < 4.78 is 12.5. The van der Waals surface area contributed by atoms with E-state index in [9.17, 15) is 0 Å². The van der Waals surface area contributed by atoms with Crippen molar-refractivity contribution in [2.75, 3.05) is 0 Å². The zero-order valence-electron chi connectivity index (χ0n) is 17.3. The fourth-order valence-corrected chi connectivity index (χ4v) is 6.96. The van der Waals surface area contributed by atoms with Crippen molar-refractivity contribution in [3.8, 4) is 17.6 Å². The smallest absolute Gasteiger partial charge is 0.378 e. The average molecular weight is 442 g/mol. The minimum absolute atomic E-state index is 0. The van der Waals surface area contributed by atoms with E-state index in [2.05, 4.69) is 68.4 Å². The van der Waals surface area contributed by atoms with Crippen LogP contribution in [0.4, 0.5) is 0 Å². The van der Waals surface area contributed by atoms with Crippen LogP contribution in [0.5, 0.6) is 11.5 Å². The summed E-state index contributed by atoms with van der Waals surface area (Å²) in [4.78, 5) is 0. The predicted octanol–water partition coefficient (Wildman–Crippen LogP) is 6.48. The molecule has 3 nitrogen and oxygen atoms in total. The van der Waals surface area contributed by atoms with E-state index in [1.807, 2.05) is 18.2 Å². The van der Waals surface area contributed by atoms with E-state index in [1.165, 1.54) is 6.07 Å². The van der Waals surface area contributed by atoms with Crippen molar-refractivity contribution in [1.29, 1.82) is 5.26 Å². The van der Waals surface area contributed by atoms with E-state index in [0.717, 1.165) is 11.5 Å². The van der Waals surface area contributed by atoms with Crippen LogP contribution in [0, 0.1) is 24.3 Å². The molecule has 0 fully saturated rings. The molecule has 1 aromatic carbocycles. The van der Waals surface area contributed by atoms with Gasteiger partial charge in [-0.25, -0.2) is 5.26 Å². The van der Waals surface area contributed by atoms with Crippen molar-refractivity contribution >= 4 is 16.3 Å². The Balaban J connectivity index is 0. The fraction of sp³-hybridized carbons (Fsp3) is 0.600. The van der Waals surface area contributed by atoms with Gasteiger partial charge in [0.05, 0.1) is 34.1 Å². The number of nitriles is 1. The van der Waals surface area contributed by atoms with Crippen molar-refractivity contribution in [2.24, 2.45) is 0 Å². The molecular formula is C20H35NNiO2P2+2. The van der Waals surface area contributed by atoms with Gasteiger partial charge in [-0.05, 0) is 55.4 Å². The van der Waals surface area contributed by atoms with Crippen LogP contribution in [-0.2, 0) is 16.5 Å². The van der Waals surface area contributed by atoms with Crippen LogP contribution in [0.15, 0.2) is 18.2 Å². The first-order chi connectivity index (χ1) is 11.6. The largest absolute Gasteiger partial charge is 2.00 e. The zero-order chi connectivity index (χ0) is 19.6. The molecule has 150 valence electrons. The fourth-order valence-electron chi connectivity index (χ4n) is 2.61. The van der Waals surface area contributed by atoms with Crippen molar-refractivity contribution < 1.29 is 25.5 Å². The third-order valence-electron chi connectivity index (χ3n) is 3.47. The number of hydrogen-bond donors (Lipinski definition) is 0. The SMILES string of the molecule is CC(C)[PH+](Oc1[c-]c(O[PH+](C(C)C)C(C)C)ccc1)C(C)C.[CH2-]C#N.[Ni+2]. The maximum absolute atomic E-state index is 7.21. The van der Waals surface area contributed by atoms with Gasteiger partial charge in [-0.15, -0.1) is 18.2 Å². The summed E-state index contributed by atoms with van der Waals surface area (Å²) in [5.41, 5.74) is 2.31. The van der Waals surface area contributed by atoms with Gasteiger partial charge < -0.3 is 16.0 Å². The van der Waals surface area contributed by atoms with Crippen LogP contribution in [-0.4, -0.2) is 22.6 Å². The number of rotatable bonds is 8. The third kappa shape index (κ3) is 10.6. The first kappa shape index (κ1) is 27.7. The molecule has 0 heterocycles. The van der Waals surface area contributed by atoms with Crippen LogP contribution in [0.1, 0.15) is 55.4 Å². The summed E-state index contributed by atoms with van der Waals surface area (Å²) >= 11 is 0. The Bertz CT molecular complexity index is 478. The van der Waals surface area contributed by atoms with E-state index < -0.39 is 16.3 Å². The summed E-state index contributed by atoms with van der Waals surface area (Å²) in [5, 5.41) is 7.21. The Morgan fingerprint density at radius 1 is 0.846 bits per heavy atom. The number of nitrogens with zero attached hydrogens (tertiary/aromatic N) is 1. The maximum Gasteiger partial charge on any atom is 2.00 e. The Morgan fingerprint density at radius 3 is 1.35 bits per heavy atom. The second-order valence-corrected chi connectivity index (χ2v) is 13.8. The second kappa shape index (κ2) is 14.6. The molecule has 0 atom stereocenters. The molecule has 0 radical (unpaired) electrons. The second-order valence-electron chi connectivity index (χ2n) is 7.17. The molecular weight excluding hydrogens is 407 g/mol. The Labute approximate surface area is 173 Å². The minimum atomic E-state index is -0.886. The molecule has 26 heavy (non-hydrogen) atoms. The first-order valence-electron chi connectivity index (χ1n) is 8.91. The topological polar surface area (TPSA) is 42.2 Å². The van der Waals surface area contributed by atoms with Crippen molar-refractivity contribution in [2.45, 2.75) is 78.0 Å². The van der Waals surface area contributed by atoms with Crippen LogP contribution in [0.25, 0.3) is 0 Å². The van der Waals surface area contributed by atoms with E-state index in [-0.39, 0.29) is 16.5 Å². The van der Waals surface area contributed by atoms with Gasteiger partial charge in [0, 0.05) is 0 Å². The molecule has 1 aromatic rings. The van der Waals surface area contributed by atoms with Crippen LogP contribution in [0.2, 0.25) is 0 Å². The molecule has 0 spiro atoms. The van der Waals surface area contributed by atoms with Crippen molar-refractivity contribution in [3.05, 3.63) is 31.2 Å². The molecule has 0 aliphatic heterocycles. The molecule has 0 saturated heterocycles. The van der Waals surface area contributed by atoms with Gasteiger partial charge in [-0.2, -0.15) is 6.07 Å². The van der Waals surface area contributed by atoms with Gasteiger partial charge in [-0.1, -0.05) is 6.07 Å². The number of benzene rings is 1. The summed E-state index contributed by atoms with van der Waals surface area (Å²) in [6.45, 7) is 20.7. The summed E-state index contributed by atoms with van der Waals surface area (Å²) in [6.07, 6.45) is 0. The molecule has 0 N–H and O–H groups in total. The molecule has 0 amide bonds. The van der Waals surface area contributed by atoms with Gasteiger partial charge in [0.1, 0.15) is 0 Å². The molecule has 6 heteroatoms. The molecule has 1 rings (SSSR count). The van der Waals surface area contributed by atoms with Crippen LogP contribution < -0.4 is 9.05 Å². The Hall–Kier alpha value is -0.466. The molecule has 0 aromatic heterocycles. The predicted molar refractivity (Wildman–Crippen MR) is 115 cm³/mol. The standard InChI is InChI=1S/C18H31O2P2.C2H2N.Ni/c1-13(2)21(14(3)4)19-17-10-9-11-18(12-17)20-22(15(5)6)16(7)8;1-2-3;/h9-11,13-16H,1-8H3;1H2;/q2*-1;+2/p+2. The maximum atomic E-state index is 7.21. The molecule has 0 unspecified atom stereocenters. The third-order valence-corrected chi connectivity index (χ3v) is 8.94. The Morgan fingerprint density at radius 2 is 1.12 bits per heavy atom. The molecule has 0 aliphatic rings. The quantitative estimate of drug-likeness (QED) is 0.263. The van der Waals surface area contributed by atoms with Gasteiger partial charge in [-0.3, -0.25) is 0 Å². The average Bonchev–Trinajstić information content (AvgIpc) is 2.50. The van der Waals surface area contributed by atoms with Crippen molar-refractivity contribution in [3.63, 3.8) is 0 Å². The van der Waals surface area contributed by atoms with E-state index in [1.54, 1.807) is 0 Å². The van der Waals surface area contributed by atoms with Crippen molar-refractivity contribution in [1.82, 2.24) is 0 Å². The molecule has 0 bridgehead atoms. The summed E-state index contributed by atoms with van der Waals surface area (Å²) in [5.74, 6) is 1.67. The van der Waals surface area contributed by atoms with E-state index in [4.69, 9.17) is 14.3 Å². The van der Waals surface area contributed by atoms with E-state index >= 15 is 0 Å². The first-order valence-corrected chi connectivity index (χ1v) is 12.0.